The van der Waals surface area contributed by atoms with Crippen molar-refractivity contribution in [3.05, 3.63) is 40.6 Å². The molecule has 0 aliphatic heterocycles. The van der Waals surface area contributed by atoms with Crippen LogP contribution in [0.3, 0.4) is 0 Å². The van der Waals surface area contributed by atoms with Crippen LogP contribution in [0.4, 0.5) is 0 Å². The van der Waals surface area contributed by atoms with Gasteiger partial charge in [0.15, 0.2) is 28.3 Å². The van der Waals surface area contributed by atoms with Gasteiger partial charge in [0.05, 0.1) is 26.9 Å². The summed E-state index contributed by atoms with van der Waals surface area (Å²) in [6.45, 7) is 2.47. The van der Waals surface area contributed by atoms with Crippen molar-refractivity contribution in [1.29, 1.82) is 0 Å². The van der Waals surface area contributed by atoms with E-state index in [1.807, 2.05) is 0 Å². The van der Waals surface area contributed by atoms with E-state index in [9.17, 15) is 14.4 Å². The normalized spacial score (nSPS) is 10.5. The number of ether oxygens (including phenoxy) is 5. The van der Waals surface area contributed by atoms with Crippen LogP contribution in [0, 0.1) is 0 Å². The van der Waals surface area contributed by atoms with E-state index < -0.39 is 17.4 Å². The van der Waals surface area contributed by atoms with Crippen LogP contribution in [0.5, 0.6) is 28.7 Å². The minimum atomic E-state index is -0.618. The number of carbonyl (C=O) groups is 2. The fourth-order valence-corrected chi connectivity index (χ4v) is 3.12. The van der Waals surface area contributed by atoms with Crippen molar-refractivity contribution in [2.45, 2.75) is 13.8 Å². The number of fused-ring (bicyclic) bond motifs is 1. The Morgan fingerprint density at radius 3 is 2.03 bits per heavy atom. The van der Waals surface area contributed by atoms with Gasteiger partial charge >= 0.3 is 11.9 Å². The Bertz CT molecular complexity index is 1220. The minimum absolute atomic E-state index is 0.00621. The lowest BCUT2D eigenvalue weighted by Gasteiger charge is -2.15. The molecule has 0 unspecified atom stereocenters. The van der Waals surface area contributed by atoms with Gasteiger partial charge in [0.1, 0.15) is 16.9 Å². The molecule has 3 aromatic rings. The maximum absolute atomic E-state index is 13.0. The number of methoxy groups -OCH3 is 3. The minimum Gasteiger partial charge on any atom is -0.493 e. The number of para-hydroxylation sites is 1. The Labute approximate surface area is 177 Å². The summed E-state index contributed by atoms with van der Waals surface area (Å²) in [7, 11) is 4.18. The van der Waals surface area contributed by atoms with Crippen molar-refractivity contribution in [1.82, 2.24) is 0 Å². The van der Waals surface area contributed by atoms with E-state index in [4.69, 9.17) is 28.1 Å². The second-order valence-electron chi connectivity index (χ2n) is 6.31. The van der Waals surface area contributed by atoms with Gasteiger partial charge in [-0.3, -0.25) is 14.4 Å². The molecule has 9 nitrogen and oxygen atoms in total. The standard InChI is InChI=1S/C22H20O9/c1-11(23)29-15-8-6-7-13(20(15)27-4)16-9-14(25)19-17(30-12(2)24)10-18(26-3)21(28-5)22(19)31-16/h6-10H,1-5H3. The molecular weight excluding hydrogens is 408 g/mol. The number of benzene rings is 2. The molecule has 2 aromatic carbocycles. The van der Waals surface area contributed by atoms with E-state index in [1.54, 1.807) is 18.2 Å². The predicted molar refractivity (Wildman–Crippen MR) is 110 cm³/mol. The quantitative estimate of drug-likeness (QED) is 0.431. The zero-order valence-corrected chi connectivity index (χ0v) is 17.6. The highest BCUT2D eigenvalue weighted by molar-refractivity contribution is 5.94. The van der Waals surface area contributed by atoms with Gasteiger partial charge in [-0.25, -0.2) is 0 Å². The Hall–Kier alpha value is -4.01. The molecule has 0 saturated heterocycles. The first-order chi connectivity index (χ1) is 14.8. The molecule has 0 aliphatic rings. The van der Waals surface area contributed by atoms with Crippen LogP contribution in [0.25, 0.3) is 22.3 Å². The summed E-state index contributed by atoms with van der Waals surface area (Å²) in [5, 5.41) is 0.00621. The molecule has 0 fully saturated rings. The van der Waals surface area contributed by atoms with Crippen molar-refractivity contribution in [2.24, 2.45) is 0 Å². The molecule has 0 amide bonds. The maximum atomic E-state index is 13.0. The van der Waals surface area contributed by atoms with Gasteiger partial charge in [0.25, 0.3) is 0 Å². The molecule has 0 N–H and O–H groups in total. The molecule has 0 aliphatic carbocycles. The van der Waals surface area contributed by atoms with Crippen molar-refractivity contribution in [2.75, 3.05) is 21.3 Å². The van der Waals surface area contributed by atoms with Gasteiger partial charge in [0.2, 0.25) is 5.75 Å². The van der Waals surface area contributed by atoms with Crippen LogP contribution in [-0.4, -0.2) is 33.3 Å². The summed E-state index contributed by atoms with van der Waals surface area (Å²) < 4.78 is 32.4. The largest absolute Gasteiger partial charge is 0.493 e. The summed E-state index contributed by atoms with van der Waals surface area (Å²) in [6, 6.07) is 7.39. The first-order valence-electron chi connectivity index (χ1n) is 9.07. The average Bonchev–Trinajstić information content (AvgIpc) is 2.71. The lowest BCUT2D eigenvalue weighted by atomic mass is 10.1. The SMILES string of the molecule is COc1cc(OC(C)=O)c2c(=O)cc(-c3cccc(OC(C)=O)c3OC)oc2c1OC. The van der Waals surface area contributed by atoms with E-state index in [1.165, 1.54) is 47.3 Å². The van der Waals surface area contributed by atoms with Crippen LogP contribution in [0.15, 0.2) is 39.5 Å². The molecule has 0 atom stereocenters. The third-order valence-electron chi connectivity index (χ3n) is 4.27. The molecule has 3 rings (SSSR count). The van der Waals surface area contributed by atoms with Crippen LogP contribution in [0.1, 0.15) is 13.8 Å². The Balaban J connectivity index is 2.36. The fraction of sp³-hybridized carbons (Fsp3) is 0.227. The number of esters is 2. The van der Waals surface area contributed by atoms with E-state index in [-0.39, 0.29) is 45.5 Å². The molecule has 0 bridgehead atoms. The highest BCUT2D eigenvalue weighted by Crippen LogP contribution is 2.43. The summed E-state index contributed by atoms with van der Waals surface area (Å²) in [4.78, 5) is 36.0. The van der Waals surface area contributed by atoms with Gasteiger partial charge in [0, 0.05) is 26.0 Å². The third-order valence-corrected chi connectivity index (χ3v) is 4.27. The maximum Gasteiger partial charge on any atom is 0.308 e. The van der Waals surface area contributed by atoms with E-state index in [0.717, 1.165) is 0 Å². The van der Waals surface area contributed by atoms with Gasteiger partial charge in [-0.1, -0.05) is 6.07 Å². The van der Waals surface area contributed by atoms with Gasteiger partial charge in [-0.05, 0) is 12.1 Å². The average molecular weight is 428 g/mol. The number of rotatable bonds is 6. The number of hydrogen-bond donors (Lipinski definition) is 0. The molecule has 0 radical (unpaired) electrons. The van der Waals surface area contributed by atoms with E-state index in [2.05, 4.69) is 0 Å². The molecule has 0 spiro atoms. The third kappa shape index (κ3) is 4.16. The van der Waals surface area contributed by atoms with Gasteiger partial charge in [-0.2, -0.15) is 0 Å². The lowest BCUT2D eigenvalue weighted by molar-refractivity contribution is -0.132. The monoisotopic (exact) mass is 428 g/mol. The highest BCUT2D eigenvalue weighted by Gasteiger charge is 2.23. The van der Waals surface area contributed by atoms with Crippen LogP contribution in [0.2, 0.25) is 0 Å². The lowest BCUT2D eigenvalue weighted by Crippen LogP contribution is -2.09. The van der Waals surface area contributed by atoms with E-state index >= 15 is 0 Å². The predicted octanol–water partition coefficient (Wildman–Crippen LogP) is 3.34. The van der Waals surface area contributed by atoms with E-state index in [0.29, 0.717) is 5.56 Å². The zero-order chi connectivity index (χ0) is 22.7. The molecule has 31 heavy (non-hydrogen) atoms. The van der Waals surface area contributed by atoms with Crippen molar-refractivity contribution in [3.8, 4) is 40.1 Å². The van der Waals surface area contributed by atoms with Crippen molar-refractivity contribution in [3.63, 3.8) is 0 Å². The van der Waals surface area contributed by atoms with Crippen molar-refractivity contribution >= 4 is 22.9 Å². The Morgan fingerprint density at radius 2 is 1.45 bits per heavy atom. The molecule has 162 valence electrons. The first-order valence-corrected chi connectivity index (χ1v) is 9.07. The summed E-state index contributed by atoms with van der Waals surface area (Å²) in [5.74, 6) is -0.365. The summed E-state index contributed by atoms with van der Waals surface area (Å²) in [6.07, 6.45) is 0. The fourth-order valence-electron chi connectivity index (χ4n) is 3.12. The molecule has 1 heterocycles. The summed E-state index contributed by atoms with van der Waals surface area (Å²) >= 11 is 0. The smallest absolute Gasteiger partial charge is 0.308 e. The van der Waals surface area contributed by atoms with Crippen LogP contribution in [-0.2, 0) is 9.59 Å². The van der Waals surface area contributed by atoms with Crippen LogP contribution >= 0.6 is 0 Å². The molecular formula is C22H20O9. The van der Waals surface area contributed by atoms with Gasteiger partial charge in [-0.15, -0.1) is 0 Å². The Kier molecular flexibility index (Phi) is 6.15. The first kappa shape index (κ1) is 21.7. The second-order valence-corrected chi connectivity index (χ2v) is 6.31. The topological polar surface area (TPSA) is 111 Å². The summed E-state index contributed by atoms with van der Waals surface area (Å²) in [5.41, 5.74) is -0.118. The molecule has 1 aromatic heterocycles. The number of carbonyl (C=O) groups excluding carboxylic acids is 2. The van der Waals surface area contributed by atoms with Crippen molar-refractivity contribution < 1.29 is 37.7 Å². The molecule has 9 heteroatoms. The second kappa shape index (κ2) is 8.78. The molecule has 0 saturated carbocycles. The Morgan fingerprint density at radius 1 is 0.806 bits per heavy atom. The number of hydrogen-bond acceptors (Lipinski definition) is 9. The highest BCUT2D eigenvalue weighted by atomic mass is 16.6. The van der Waals surface area contributed by atoms with Gasteiger partial charge < -0.3 is 28.1 Å². The van der Waals surface area contributed by atoms with Crippen LogP contribution < -0.4 is 29.1 Å². The zero-order valence-electron chi connectivity index (χ0n) is 17.6.